The second-order valence-corrected chi connectivity index (χ2v) is 3.99. The molecule has 0 unspecified atom stereocenters. The van der Waals surface area contributed by atoms with E-state index in [-0.39, 0.29) is 0 Å². The van der Waals surface area contributed by atoms with Crippen LogP contribution in [-0.4, -0.2) is 9.97 Å². The molecule has 0 atom stereocenters. The van der Waals surface area contributed by atoms with Gasteiger partial charge in [0, 0.05) is 9.86 Å². The van der Waals surface area contributed by atoms with Crippen LogP contribution in [0.5, 0.6) is 0 Å². The maximum absolute atomic E-state index is 4.13. The van der Waals surface area contributed by atoms with Crippen molar-refractivity contribution < 1.29 is 0 Å². The van der Waals surface area contributed by atoms with Crippen LogP contribution in [0.2, 0.25) is 0 Å². The Bertz CT molecular complexity index is 428. The number of hydrogen-bond donors (Lipinski definition) is 0. The van der Waals surface area contributed by atoms with Crippen molar-refractivity contribution in [1.29, 1.82) is 0 Å². The van der Waals surface area contributed by atoms with Crippen LogP contribution in [0.4, 0.5) is 0 Å². The lowest BCUT2D eigenvalue weighted by molar-refractivity contribution is 1.19. The smallest absolute Gasteiger partial charge is 0.117 e. The Morgan fingerprint density at radius 2 is 1.92 bits per heavy atom. The Morgan fingerprint density at radius 3 is 2.75 bits per heavy atom. The molecule has 0 amide bonds. The Labute approximate surface area is 86.3 Å². The molecule has 1 heterocycles. The quantitative estimate of drug-likeness (QED) is 0.696. The van der Waals surface area contributed by atoms with Crippen molar-refractivity contribution in [3.05, 3.63) is 33.6 Å². The number of aromatic nitrogens is 2. The summed E-state index contributed by atoms with van der Waals surface area (Å²) in [5, 5.41) is 1.03. The zero-order valence-corrected chi connectivity index (χ0v) is 9.13. The summed E-state index contributed by atoms with van der Waals surface area (Å²) in [4.78, 5) is 8.16. The summed E-state index contributed by atoms with van der Waals surface area (Å²) in [5.74, 6) is 0. The predicted molar refractivity (Wildman–Crippen MR) is 54.9 cm³/mol. The highest BCUT2D eigenvalue weighted by Gasteiger charge is 1.99. The third kappa shape index (κ3) is 1.36. The second-order valence-electron chi connectivity index (χ2n) is 2.33. The Balaban J connectivity index is 2.86. The fourth-order valence-corrected chi connectivity index (χ4v) is 1.77. The number of halogens is 2. The van der Waals surface area contributed by atoms with Crippen molar-refractivity contribution in [2.75, 3.05) is 0 Å². The Morgan fingerprint density at radius 1 is 1.08 bits per heavy atom. The number of nitrogens with zero attached hydrogens (tertiary/aromatic N) is 2. The molecule has 2 rings (SSSR count). The van der Waals surface area contributed by atoms with Gasteiger partial charge in [0.05, 0.1) is 5.52 Å². The second kappa shape index (κ2) is 3.11. The van der Waals surface area contributed by atoms with Gasteiger partial charge in [-0.15, -0.1) is 0 Å². The minimum absolute atomic E-state index is 0.833. The topological polar surface area (TPSA) is 25.8 Å². The molecule has 60 valence electrons. The summed E-state index contributed by atoms with van der Waals surface area (Å²) < 4.78 is 1.86. The van der Waals surface area contributed by atoms with E-state index in [1.165, 1.54) is 0 Å². The lowest BCUT2D eigenvalue weighted by Gasteiger charge is -1.97. The first kappa shape index (κ1) is 8.13. The summed E-state index contributed by atoms with van der Waals surface area (Å²) in [6.45, 7) is 0. The molecule has 4 heteroatoms. The van der Waals surface area contributed by atoms with E-state index in [1.54, 1.807) is 6.33 Å². The molecule has 1 aromatic carbocycles. The van der Waals surface area contributed by atoms with Crippen LogP contribution >= 0.6 is 31.9 Å². The summed E-state index contributed by atoms with van der Waals surface area (Å²) >= 11 is 6.74. The molecule has 2 aromatic rings. The van der Waals surface area contributed by atoms with Gasteiger partial charge in [0.1, 0.15) is 10.9 Å². The maximum Gasteiger partial charge on any atom is 0.117 e. The molecular weight excluding hydrogens is 284 g/mol. The lowest BCUT2D eigenvalue weighted by atomic mass is 10.2. The number of benzene rings is 1. The monoisotopic (exact) mass is 286 g/mol. The van der Waals surface area contributed by atoms with Crippen molar-refractivity contribution in [3.63, 3.8) is 0 Å². The molecule has 0 saturated heterocycles. The normalized spacial score (nSPS) is 10.5. The average Bonchev–Trinajstić information content (AvgIpc) is 2.04. The zero-order chi connectivity index (χ0) is 8.55. The first-order chi connectivity index (χ1) is 5.77. The highest BCUT2D eigenvalue weighted by molar-refractivity contribution is 9.10. The van der Waals surface area contributed by atoms with Crippen LogP contribution in [-0.2, 0) is 0 Å². The summed E-state index contributed by atoms with van der Waals surface area (Å²) in [6.07, 6.45) is 1.54. The SMILES string of the molecule is Brc1ccc2c(Br)ncnc2c1. The lowest BCUT2D eigenvalue weighted by Crippen LogP contribution is -1.82. The van der Waals surface area contributed by atoms with E-state index in [9.17, 15) is 0 Å². The predicted octanol–water partition coefficient (Wildman–Crippen LogP) is 3.15. The molecule has 1 aromatic heterocycles. The third-order valence-electron chi connectivity index (χ3n) is 1.55. The van der Waals surface area contributed by atoms with Gasteiger partial charge in [0.2, 0.25) is 0 Å². The average molecular weight is 288 g/mol. The van der Waals surface area contributed by atoms with Gasteiger partial charge in [0.25, 0.3) is 0 Å². The zero-order valence-electron chi connectivity index (χ0n) is 5.96. The van der Waals surface area contributed by atoms with Crippen LogP contribution in [0.15, 0.2) is 33.6 Å². The van der Waals surface area contributed by atoms with Crippen LogP contribution in [0.1, 0.15) is 0 Å². The minimum atomic E-state index is 0.833. The largest absolute Gasteiger partial charge is 0.236 e. The van der Waals surface area contributed by atoms with Gasteiger partial charge in [-0.2, -0.15) is 0 Å². The summed E-state index contributed by atoms with van der Waals surface area (Å²) in [6, 6.07) is 5.90. The molecule has 0 aliphatic rings. The van der Waals surface area contributed by atoms with Crippen molar-refractivity contribution >= 4 is 42.8 Å². The van der Waals surface area contributed by atoms with E-state index in [0.717, 1.165) is 20.0 Å². The molecule has 2 nitrogen and oxygen atoms in total. The fraction of sp³-hybridized carbons (Fsp3) is 0. The maximum atomic E-state index is 4.13. The first-order valence-electron chi connectivity index (χ1n) is 3.33. The van der Waals surface area contributed by atoms with Gasteiger partial charge in [0.15, 0.2) is 0 Å². The summed E-state index contributed by atoms with van der Waals surface area (Å²) in [5.41, 5.74) is 0.936. The molecule has 12 heavy (non-hydrogen) atoms. The first-order valence-corrected chi connectivity index (χ1v) is 4.92. The standard InChI is InChI=1S/C8H4Br2N2/c9-5-1-2-6-7(3-5)11-4-12-8(6)10/h1-4H. The van der Waals surface area contributed by atoms with E-state index in [4.69, 9.17) is 0 Å². The van der Waals surface area contributed by atoms with E-state index in [1.807, 2.05) is 18.2 Å². The summed E-state index contributed by atoms with van der Waals surface area (Å²) in [7, 11) is 0. The molecular formula is C8H4Br2N2. The van der Waals surface area contributed by atoms with Crippen LogP contribution in [0, 0.1) is 0 Å². The van der Waals surface area contributed by atoms with Gasteiger partial charge in [-0.3, -0.25) is 0 Å². The fourth-order valence-electron chi connectivity index (χ4n) is 0.997. The Kier molecular flexibility index (Phi) is 2.11. The number of fused-ring (bicyclic) bond motifs is 1. The molecule has 0 spiro atoms. The number of rotatable bonds is 0. The van der Waals surface area contributed by atoms with Crippen molar-refractivity contribution in [2.24, 2.45) is 0 Å². The molecule has 0 saturated carbocycles. The van der Waals surface area contributed by atoms with Crippen LogP contribution in [0.3, 0.4) is 0 Å². The third-order valence-corrected chi connectivity index (χ3v) is 2.68. The van der Waals surface area contributed by atoms with Gasteiger partial charge in [-0.25, -0.2) is 9.97 Å². The molecule has 0 fully saturated rings. The van der Waals surface area contributed by atoms with Gasteiger partial charge >= 0.3 is 0 Å². The van der Waals surface area contributed by atoms with Gasteiger partial charge < -0.3 is 0 Å². The van der Waals surface area contributed by atoms with Crippen molar-refractivity contribution in [3.8, 4) is 0 Å². The van der Waals surface area contributed by atoms with E-state index in [0.29, 0.717) is 0 Å². The highest BCUT2D eigenvalue weighted by atomic mass is 79.9. The van der Waals surface area contributed by atoms with E-state index >= 15 is 0 Å². The molecule has 0 aliphatic heterocycles. The van der Waals surface area contributed by atoms with Crippen LogP contribution in [0.25, 0.3) is 10.9 Å². The highest BCUT2D eigenvalue weighted by Crippen LogP contribution is 2.22. The van der Waals surface area contributed by atoms with Crippen molar-refractivity contribution in [2.45, 2.75) is 0 Å². The van der Waals surface area contributed by atoms with Gasteiger partial charge in [-0.1, -0.05) is 15.9 Å². The minimum Gasteiger partial charge on any atom is -0.236 e. The van der Waals surface area contributed by atoms with E-state index in [2.05, 4.69) is 41.8 Å². The molecule has 0 aliphatic carbocycles. The van der Waals surface area contributed by atoms with Gasteiger partial charge in [-0.05, 0) is 34.1 Å². The Hall–Kier alpha value is -0.480. The number of hydrogen-bond acceptors (Lipinski definition) is 2. The van der Waals surface area contributed by atoms with Crippen molar-refractivity contribution in [1.82, 2.24) is 9.97 Å². The molecule has 0 N–H and O–H groups in total. The van der Waals surface area contributed by atoms with E-state index < -0.39 is 0 Å². The molecule has 0 bridgehead atoms. The van der Waals surface area contributed by atoms with Crippen LogP contribution < -0.4 is 0 Å². The molecule has 0 radical (unpaired) electrons.